The second-order valence-corrected chi connectivity index (χ2v) is 3.30. The van der Waals surface area contributed by atoms with Gasteiger partial charge < -0.3 is 4.74 Å². The van der Waals surface area contributed by atoms with Crippen molar-refractivity contribution in [1.29, 1.82) is 5.26 Å². The normalized spacial score (nSPS) is 14.2. The van der Waals surface area contributed by atoms with Gasteiger partial charge in [-0.25, -0.2) is 0 Å². The molecule has 2 heteroatoms. The monoisotopic (exact) mass is 173 g/mol. The quantitative estimate of drug-likeness (QED) is 0.602. The lowest BCUT2D eigenvalue weighted by Crippen LogP contribution is -2.10. The summed E-state index contributed by atoms with van der Waals surface area (Å²) in [5.74, 6) is 0.814. The van der Waals surface area contributed by atoms with E-state index in [1.54, 1.807) is 0 Å². The van der Waals surface area contributed by atoms with Crippen LogP contribution < -0.4 is 4.74 Å². The molecular weight excluding hydrogens is 162 g/mol. The highest BCUT2D eigenvalue weighted by Gasteiger charge is 2.16. The minimum atomic E-state index is 0.667. The van der Waals surface area contributed by atoms with Gasteiger partial charge in [0.2, 0.25) is 0 Å². The Balaban J connectivity index is 2.61. The van der Waals surface area contributed by atoms with Gasteiger partial charge >= 0.3 is 0 Å². The summed E-state index contributed by atoms with van der Waals surface area (Å²) in [5, 5.41) is 8.85. The van der Waals surface area contributed by atoms with Gasteiger partial charge in [0.05, 0.1) is 12.2 Å². The summed E-state index contributed by atoms with van der Waals surface area (Å²) in [6.45, 7) is 2.81. The van der Waals surface area contributed by atoms with Crippen LogP contribution in [-0.2, 0) is 6.42 Å². The van der Waals surface area contributed by atoms with Crippen LogP contribution in [0.5, 0.6) is 5.75 Å². The van der Waals surface area contributed by atoms with Crippen molar-refractivity contribution in [3.05, 3.63) is 28.8 Å². The Bertz CT molecular complexity index is 376. The van der Waals surface area contributed by atoms with E-state index in [-0.39, 0.29) is 0 Å². The highest BCUT2D eigenvalue weighted by molar-refractivity contribution is 5.52. The summed E-state index contributed by atoms with van der Waals surface area (Å²) < 4.78 is 5.50. The number of rotatable bonds is 0. The lowest BCUT2D eigenvalue weighted by atomic mass is 9.98. The van der Waals surface area contributed by atoms with Crippen LogP contribution >= 0.6 is 0 Å². The standard InChI is InChI=1S/C11H11NO/c1-8-4-5-9(7-12)11-10(8)3-2-6-13-11/h4-5H,2-3,6H2,1H3. The predicted molar refractivity (Wildman–Crippen MR) is 49.7 cm³/mol. The number of aryl methyl sites for hydroxylation is 1. The predicted octanol–water partition coefficient (Wildman–Crippen LogP) is 2.19. The van der Waals surface area contributed by atoms with Crippen LogP contribution in [0.1, 0.15) is 23.1 Å². The summed E-state index contributed by atoms with van der Waals surface area (Å²) in [6, 6.07) is 5.98. The Morgan fingerprint density at radius 1 is 1.46 bits per heavy atom. The topological polar surface area (TPSA) is 33.0 Å². The fourth-order valence-corrected chi connectivity index (χ4v) is 1.71. The van der Waals surface area contributed by atoms with Gasteiger partial charge in [0.25, 0.3) is 0 Å². The molecule has 0 aliphatic carbocycles. The molecule has 2 rings (SSSR count). The van der Waals surface area contributed by atoms with E-state index in [1.165, 1.54) is 11.1 Å². The molecule has 66 valence electrons. The molecule has 0 unspecified atom stereocenters. The Morgan fingerprint density at radius 3 is 3.08 bits per heavy atom. The second-order valence-electron chi connectivity index (χ2n) is 3.30. The van der Waals surface area contributed by atoms with E-state index in [1.807, 2.05) is 12.1 Å². The van der Waals surface area contributed by atoms with Crippen molar-refractivity contribution in [2.45, 2.75) is 19.8 Å². The first-order valence-corrected chi connectivity index (χ1v) is 4.48. The Morgan fingerprint density at radius 2 is 2.31 bits per heavy atom. The molecule has 0 spiro atoms. The smallest absolute Gasteiger partial charge is 0.140 e. The van der Waals surface area contributed by atoms with E-state index in [0.29, 0.717) is 5.56 Å². The van der Waals surface area contributed by atoms with Gasteiger partial charge in [0.15, 0.2) is 0 Å². The van der Waals surface area contributed by atoms with Gasteiger partial charge in [-0.15, -0.1) is 0 Å². The van der Waals surface area contributed by atoms with Gasteiger partial charge in [-0.2, -0.15) is 5.26 Å². The first-order chi connectivity index (χ1) is 6.33. The average molecular weight is 173 g/mol. The van der Waals surface area contributed by atoms with E-state index in [0.717, 1.165) is 25.2 Å². The fraction of sp³-hybridized carbons (Fsp3) is 0.364. The van der Waals surface area contributed by atoms with Crippen molar-refractivity contribution in [2.24, 2.45) is 0 Å². The van der Waals surface area contributed by atoms with Gasteiger partial charge in [-0.05, 0) is 37.0 Å². The average Bonchev–Trinajstić information content (AvgIpc) is 2.19. The van der Waals surface area contributed by atoms with Gasteiger partial charge in [0, 0.05) is 0 Å². The molecule has 1 aromatic rings. The van der Waals surface area contributed by atoms with Crippen LogP contribution in [0.3, 0.4) is 0 Å². The number of ether oxygens (including phenoxy) is 1. The summed E-state index contributed by atoms with van der Waals surface area (Å²) in [5.41, 5.74) is 3.11. The molecular formula is C11H11NO. The maximum Gasteiger partial charge on any atom is 0.140 e. The molecule has 1 aliphatic heterocycles. The Hall–Kier alpha value is -1.49. The van der Waals surface area contributed by atoms with E-state index < -0.39 is 0 Å². The SMILES string of the molecule is Cc1ccc(C#N)c2c1CCCO2. The molecule has 0 saturated heterocycles. The highest BCUT2D eigenvalue weighted by atomic mass is 16.5. The summed E-state index contributed by atoms with van der Waals surface area (Å²) >= 11 is 0. The minimum absolute atomic E-state index is 0.667. The molecule has 0 aromatic heterocycles. The number of hydrogen-bond donors (Lipinski definition) is 0. The largest absolute Gasteiger partial charge is 0.492 e. The molecule has 1 aliphatic rings. The lowest BCUT2D eigenvalue weighted by molar-refractivity contribution is 0.287. The molecule has 0 radical (unpaired) electrons. The van der Waals surface area contributed by atoms with E-state index in [9.17, 15) is 0 Å². The first kappa shape index (κ1) is 8.12. The molecule has 0 bridgehead atoms. The zero-order chi connectivity index (χ0) is 9.26. The summed E-state index contributed by atoms with van der Waals surface area (Å²) in [6.07, 6.45) is 2.10. The number of benzene rings is 1. The third kappa shape index (κ3) is 1.27. The number of hydrogen-bond acceptors (Lipinski definition) is 2. The van der Waals surface area contributed by atoms with Crippen molar-refractivity contribution in [1.82, 2.24) is 0 Å². The van der Waals surface area contributed by atoms with E-state index in [4.69, 9.17) is 10.00 Å². The van der Waals surface area contributed by atoms with E-state index >= 15 is 0 Å². The molecule has 0 fully saturated rings. The maximum atomic E-state index is 8.85. The number of fused-ring (bicyclic) bond motifs is 1. The van der Waals surface area contributed by atoms with Crippen molar-refractivity contribution < 1.29 is 4.74 Å². The van der Waals surface area contributed by atoms with Crippen LogP contribution in [-0.4, -0.2) is 6.61 Å². The van der Waals surface area contributed by atoms with Crippen molar-refractivity contribution in [3.63, 3.8) is 0 Å². The fourth-order valence-electron chi connectivity index (χ4n) is 1.71. The molecule has 1 aromatic carbocycles. The van der Waals surface area contributed by atoms with E-state index in [2.05, 4.69) is 13.0 Å². The van der Waals surface area contributed by atoms with Gasteiger partial charge in [0.1, 0.15) is 11.8 Å². The first-order valence-electron chi connectivity index (χ1n) is 4.48. The summed E-state index contributed by atoms with van der Waals surface area (Å²) in [7, 11) is 0. The molecule has 1 heterocycles. The van der Waals surface area contributed by atoms with Crippen molar-refractivity contribution >= 4 is 0 Å². The maximum absolute atomic E-state index is 8.85. The number of nitrogens with zero attached hydrogens (tertiary/aromatic N) is 1. The highest BCUT2D eigenvalue weighted by Crippen LogP contribution is 2.30. The minimum Gasteiger partial charge on any atom is -0.492 e. The number of nitriles is 1. The van der Waals surface area contributed by atoms with Crippen LogP contribution in [0, 0.1) is 18.3 Å². The third-order valence-electron chi connectivity index (χ3n) is 2.43. The summed E-state index contributed by atoms with van der Waals surface area (Å²) in [4.78, 5) is 0. The molecule has 0 saturated carbocycles. The van der Waals surface area contributed by atoms with Crippen LogP contribution in [0.2, 0.25) is 0 Å². The van der Waals surface area contributed by atoms with Crippen molar-refractivity contribution in [2.75, 3.05) is 6.61 Å². The lowest BCUT2D eigenvalue weighted by Gasteiger charge is -2.19. The molecule has 0 amide bonds. The molecule has 0 atom stereocenters. The van der Waals surface area contributed by atoms with Crippen LogP contribution in [0.25, 0.3) is 0 Å². The Labute approximate surface area is 77.8 Å². The zero-order valence-corrected chi connectivity index (χ0v) is 7.63. The second kappa shape index (κ2) is 3.10. The van der Waals surface area contributed by atoms with Gasteiger partial charge in [-0.1, -0.05) is 6.07 Å². The third-order valence-corrected chi connectivity index (χ3v) is 2.43. The van der Waals surface area contributed by atoms with Crippen LogP contribution in [0.15, 0.2) is 12.1 Å². The zero-order valence-electron chi connectivity index (χ0n) is 7.63. The van der Waals surface area contributed by atoms with Gasteiger partial charge in [-0.3, -0.25) is 0 Å². The van der Waals surface area contributed by atoms with Crippen molar-refractivity contribution in [3.8, 4) is 11.8 Å². The Kier molecular flexibility index (Phi) is 1.94. The van der Waals surface area contributed by atoms with Crippen LogP contribution in [0.4, 0.5) is 0 Å². The molecule has 13 heavy (non-hydrogen) atoms. The molecule has 0 N–H and O–H groups in total. The molecule has 2 nitrogen and oxygen atoms in total.